The number of anilines is 1. The molecule has 0 atom stereocenters. The highest BCUT2D eigenvalue weighted by atomic mass is 16.6. The lowest BCUT2D eigenvalue weighted by atomic mass is 10.1. The van der Waals surface area contributed by atoms with Crippen molar-refractivity contribution in [3.8, 4) is 5.75 Å². The first-order chi connectivity index (χ1) is 13.1. The highest BCUT2D eigenvalue weighted by Crippen LogP contribution is 2.27. The van der Waals surface area contributed by atoms with Crippen LogP contribution in [0.3, 0.4) is 0 Å². The van der Waals surface area contributed by atoms with Crippen molar-refractivity contribution in [1.29, 1.82) is 0 Å². The van der Waals surface area contributed by atoms with E-state index in [1.54, 1.807) is 37.4 Å². The summed E-state index contributed by atoms with van der Waals surface area (Å²) in [4.78, 5) is 25.2. The molecule has 8 nitrogen and oxygen atoms in total. The molecule has 1 aliphatic heterocycles. The average molecular weight is 372 g/mol. The number of non-ortho nitro benzene ring substituents is 1. The minimum atomic E-state index is -0.601. The number of methoxy groups -OCH3 is 1. The van der Waals surface area contributed by atoms with E-state index >= 15 is 0 Å². The molecule has 0 aliphatic carbocycles. The zero-order chi connectivity index (χ0) is 19.2. The number of nitro benzene ring substituents is 1. The van der Waals surface area contributed by atoms with Gasteiger partial charge in [-0.2, -0.15) is 0 Å². The van der Waals surface area contributed by atoms with Gasteiger partial charge in [-0.1, -0.05) is 12.1 Å². The van der Waals surface area contributed by atoms with Gasteiger partial charge in [0.05, 0.1) is 36.5 Å². The summed E-state index contributed by atoms with van der Waals surface area (Å²) in [5.41, 5.74) is 1.44. The third-order valence-electron chi connectivity index (χ3n) is 4.29. The summed E-state index contributed by atoms with van der Waals surface area (Å²) >= 11 is 0. The molecule has 1 heterocycles. The first-order valence-corrected chi connectivity index (χ1v) is 8.49. The van der Waals surface area contributed by atoms with E-state index in [1.165, 1.54) is 12.1 Å². The first kappa shape index (κ1) is 18.7. The average Bonchev–Trinajstić information content (AvgIpc) is 2.72. The van der Waals surface area contributed by atoms with Gasteiger partial charge in [-0.05, 0) is 23.8 Å². The molecule has 27 heavy (non-hydrogen) atoms. The number of hydrogen-bond donors (Lipinski definition) is 0. The van der Waals surface area contributed by atoms with Gasteiger partial charge < -0.3 is 19.1 Å². The second-order valence-electron chi connectivity index (χ2n) is 5.98. The van der Waals surface area contributed by atoms with Crippen molar-refractivity contribution in [2.24, 2.45) is 0 Å². The lowest BCUT2D eigenvalue weighted by Crippen LogP contribution is -2.37. The zero-order valence-electron chi connectivity index (χ0n) is 14.9. The summed E-state index contributed by atoms with van der Waals surface area (Å²) in [6.45, 7) is 2.36. The third kappa shape index (κ3) is 4.53. The maximum absolute atomic E-state index is 12.7. The van der Waals surface area contributed by atoms with Crippen LogP contribution in [0.25, 0.3) is 0 Å². The standard InChI is InChI=1S/C19H20N2O6/c1-25-16-5-2-14(3-6-16)13-27-19(22)17-12-15(21(23)24)4-7-18(17)20-8-10-26-11-9-20/h2-7,12H,8-11,13H2,1H3. The molecule has 8 heteroatoms. The van der Waals surface area contributed by atoms with Crippen molar-refractivity contribution in [1.82, 2.24) is 0 Å². The van der Waals surface area contributed by atoms with Gasteiger partial charge in [-0.15, -0.1) is 0 Å². The fraction of sp³-hybridized carbons (Fsp3) is 0.316. The highest BCUT2D eigenvalue weighted by molar-refractivity contribution is 5.96. The van der Waals surface area contributed by atoms with Gasteiger partial charge in [0, 0.05) is 25.2 Å². The number of esters is 1. The Balaban J connectivity index is 1.79. The molecule has 0 unspecified atom stereocenters. The zero-order valence-corrected chi connectivity index (χ0v) is 14.9. The fourth-order valence-electron chi connectivity index (χ4n) is 2.83. The van der Waals surface area contributed by atoms with E-state index in [0.717, 1.165) is 5.56 Å². The maximum Gasteiger partial charge on any atom is 0.340 e. The van der Waals surface area contributed by atoms with Gasteiger partial charge in [-0.25, -0.2) is 4.79 Å². The van der Waals surface area contributed by atoms with Crippen LogP contribution in [0.2, 0.25) is 0 Å². The SMILES string of the molecule is COc1ccc(COC(=O)c2cc([N+](=O)[O-])ccc2N2CCOCC2)cc1. The van der Waals surface area contributed by atoms with E-state index in [0.29, 0.717) is 37.7 Å². The minimum absolute atomic E-state index is 0.0636. The van der Waals surface area contributed by atoms with Crippen molar-refractivity contribution in [3.05, 3.63) is 63.7 Å². The Morgan fingerprint density at radius 1 is 1.19 bits per heavy atom. The number of morpholine rings is 1. The monoisotopic (exact) mass is 372 g/mol. The normalized spacial score (nSPS) is 13.9. The van der Waals surface area contributed by atoms with Crippen molar-refractivity contribution in [3.63, 3.8) is 0 Å². The smallest absolute Gasteiger partial charge is 0.340 e. The van der Waals surface area contributed by atoms with Gasteiger partial charge >= 0.3 is 5.97 Å². The number of rotatable bonds is 6. The number of ether oxygens (including phenoxy) is 3. The van der Waals surface area contributed by atoms with Crippen LogP contribution in [0.5, 0.6) is 5.75 Å². The predicted molar refractivity (Wildman–Crippen MR) is 98.2 cm³/mol. The number of nitro groups is 1. The molecule has 0 bridgehead atoms. The largest absolute Gasteiger partial charge is 0.497 e. The maximum atomic E-state index is 12.7. The van der Waals surface area contributed by atoms with Crippen LogP contribution >= 0.6 is 0 Å². The summed E-state index contributed by atoms with van der Waals surface area (Å²) in [6, 6.07) is 11.4. The Kier molecular flexibility index (Phi) is 5.87. The molecule has 0 spiro atoms. The van der Waals surface area contributed by atoms with Crippen LogP contribution in [0.4, 0.5) is 11.4 Å². The van der Waals surface area contributed by atoms with Crippen molar-refractivity contribution >= 4 is 17.3 Å². The number of benzene rings is 2. The molecule has 142 valence electrons. The summed E-state index contributed by atoms with van der Waals surface area (Å²) < 4.78 is 15.8. The molecule has 2 aromatic rings. The Morgan fingerprint density at radius 3 is 2.52 bits per heavy atom. The Labute approximate surface area is 156 Å². The van der Waals surface area contributed by atoms with Crippen molar-refractivity contribution < 1.29 is 23.9 Å². The molecule has 0 amide bonds. The quantitative estimate of drug-likeness (QED) is 0.437. The van der Waals surface area contributed by atoms with E-state index in [4.69, 9.17) is 14.2 Å². The van der Waals surface area contributed by atoms with Crippen LogP contribution in [0, 0.1) is 10.1 Å². The molecule has 0 saturated carbocycles. The Bertz CT molecular complexity index is 815. The number of carbonyl (C=O) groups is 1. The van der Waals surface area contributed by atoms with Gasteiger partial charge in [0.1, 0.15) is 12.4 Å². The molecule has 1 aliphatic rings. The fourth-order valence-corrected chi connectivity index (χ4v) is 2.83. The molecule has 3 rings (SSSR count). The van der Waals surface area contributed by atoms with Crippen molar-refractivity contribution in [2.75, 3.05) is 38.3 Å². The van der Waals surface area contributed by atoms with Crippen LogP contribution in [0.15, 0.2) is 42.5 Å². The van der Waals surface area contributed by atoms with Crippen LogP contribution < -0.4 is 9.64 Å². The molecule has 1 fully saturated rings. The van der Waals surface area contributed by atoms with E-state index in [9.17, 15) is 14.9 Å². The van der Waals surface area contributed by atoms with Gasteiger partial charge in [0.25, 0.3) is 5.69 Å². The summed E-state index contributed by atoms with van der Waals surface area (Å²) in [7, 11) is 1.57. The molecule has 0 aromatic heterocycles. The lowest BCUT2D eigenvalue weighted by Gasteiger charge is -2.30. The minimum Gasteiger partial charge on any atom is -0.497 e. The van der Waals surface area contributed by atoms with Crippen molar-refractivity contribution in [2.45, 2.75) is 6.61 Å². The molecular weight excluding hydrogens is 352 g/mol. The van der Waals surface area contributed by atoms with E-state index < -0.39 is 10.9 Å². The second-order valence-corrected chi connectivity index (χ2v) is 5.98. The van der Waals surface area contributed by atoms with Crippen LogP contribution in [0.1, 0.15) is 15.9 Å². The molecule has 0 N–H and O–H groups in total. The number of hydrogen-bond acceptors (Lipinski definition) is 7. The molecule has 0 radical (unpaired) electrons. The van der Waals surface area contributed by atoms with Crippen LogP contribution in [-0.4, -0.2) is 44.3 Å². The topological polar surface area (TPSA) is 91.1 Å². The molecular formula is C19H20N2O6. The highest BCUT2D eigenvalue weighted by Gasteiger charge is 2.23. The lowest BCUT2D eigenvalue weighted by molar-refractivity contribution is -0.384. The number of carbonyl (C=O) groups excluding carboxylic acids is 1. The summed E-state index contributed by atoms with van der Waals surface area (Å²) in [5.74, 6) is 0.106. The van der Waals surface area contributed by atoms with Crippen LogP contribution in [-0.2, 0) is 16.1 Å². The van der Waals surface area contributed by atoms with E-state index in [1.807, 2.05) is 4.90 Å². The number of nitrogens with zero attached hydrogens (tertiary/aromatic N) is 2. The van der Waals surface area contributed by atoms with Gasteiger partial charge in [0.15, 0.2) is 0 Å². The third-order valence-corrected chi connectivity index (χ3v) is 4.29. The molecule has 2 aromatic carbocycles. The predicted octanol–water partition coefficient (Wildman–Crippen LogP) is 2.80. The van der Waals surface area contributed by atoms with E-state index in [-0.39, 0.29) is 17.9 Å². The summed E-state index contributed by atoms with van der Waals surface area (Å²) in [5, 5.41) is 11.1. The molecule has 1 saturated heterocycles. The van der Waals surface area contributed by atoms with E-state index in [2.05, 4.69) is 0 Å². The Hall–Kier alpha value is -3.13. The second kappa shape index (κ2) is 8.50. The first-order valence-electron chi connectivity index (χ1n) is 8.49. The van der Waals surface area contributed by atoms with Gasteiger partial charge in [0.2, 0.25) is 0 Å². The summed E-state index contributed by atoms with van der Waals surface area (Å²) in [6.07, 6.45) is 0. The van der Waals surface area contributed by atoms with Gasteiger partial charge in [-0.3, -0.25) is 10.1 Å². The Morgan fingerprint density at radius 2 is 1.89 bits per heavy atom.